The van der Waals surface area contributed by atoms with Crippen LogP contribution in [0.25, 0.3) is 5.69 Å². The Morgan fingerprint density at radius 3 is 2.65 bits per heavy atom. The molecular formula is C24H28N2O4S. The highest BCUT2D eigenvalue weighted by Crippen LogP contribution is 2.30. The monoisotopic (exact) mass is 440 g/mol. The van der Waals surface area contributed by atoms with E-state index in [2.05, 4.69) is 24.0 Å². The van der Waals surface area contributed by atoms with Gasteiger partial charge in [0, 0.05) is 24.2 Å². The second kappa shape index (κ2) is 10.0. The Morgan fingerprint density at radius 1 is 1.16 bits per heavy atom. The third kappa shape index (κ3) is 6.12. The number of methoxy groups -OCH3 is 1. The van der Waals surface area contributed by atoms with Gasteiger partial charge in [-0.15, -0.1) is 11.8 Å². The number of thioether (sulfide) groups is 1. The van der Waals surface area contributed by atoms with E-state index in [0.717, 1.165) is 12.2 Å². The predicted molar refractivity (Wildman–Crippen MR) is 124 cm³/mol. The van der Waals surface area contributed by atoms with Gasteiger partial charge >= 0.3 is 0 Å². The van der Waals surface area contributed by atoms with Gasteiger partial charge < -0.3 is 14.6 Å². The molecule has 0 saturated carbocycles. The van der Waals surface area contributed by atoms with Gasteiger partial charge in [0.05, 0.1) is 18.4 Å². The Kier molecular flexibility index (Phi) is 7.41. The van der Waals surface area contributed by atoms with Crippen LogP contribution in [0.2, 0.25) is 0 Å². The molecule has 0 aliphatic carbocycles. The summed E-state index contributed by atoms with van der Waals surface area (Å²) < 4.78 is 12.6. The summed E-state index contributed by atoms with van der Waals surface area (Å²) in [6.45, 7) is 5.56. The van der Waals surface area contributed by atoms with E-state index in [1.807, 2.05) is 12.1 Å². The molecule has 0 amide bonds. The molecule has 0 aliphatic heterocycles. The van der Waals surface area contributed by atoms with E-state index in [9.17, 15) is 9.90 Å². The fourth-order valence-corrected chi connectivity index (χ4v) is 3.90. The standard InChI is InChI=1S/C24H28N2O4S/c1-17-7-5-6-8-18(17)11-14-31-22-23(27)26(13-12-25-22)19-9-10-20(21(15-19)29-4)30-16-24(2,3)28/h5-10,12-13,15,28H,11,14,16H2,1-4H3. The van der Waals surface area contributed by atoms with Crippen LogP contribution >= 0.6 is 11.8 Å². The van der Waals surface area contributed by atoms with Crippen molar-refractivity contribution in [3.05, 3.63) is 76.3 Å². The fourth-order valence-electron chi connectivity index (χ4n) is 3.02. The number of ether oxygens (including phenoxy) is 2. The third-order valence-electron chi connectivity index (χ3n) is 4.69. The van der Waals surface area contributed by atoms with Crippen LogP contribution in [0, 0.1) is 6.92 Å². The van der Waals surface area contributed by atoms with Crippen molar-refractivity contribution in [2.75, 3.05) is 19.5 Å². The number of rotatable bonds is 9. The van der Waals surface area contributed by atoms with Crippen molar-refractivity contribution in [3.63, 3.8) is 0 Å². The normalized spacial score (nSPS) is 11.4. The molecule has 1 heterocycles. The first kappa shape index (κ1) is 22.9. The largest absolute Gasteiger partial charge is 0.493 e. The molecule has 7 heteroatoms. The molecule has 0 saturated heterocycles. The Balaban J connectivity index is 1.77. The Bertz CT molecular complexity index is 1090. The van der Waals surface area contributed by atoms with Crippen LogP contribution in [-0.2, 0) is 6.42 Å². The maximum absolute atomic E-state index is 13.0. The van der Waals surface area contributed by atoms with Crippen molar-refractivity contribution in [3.8, 4) is 17.2 Å². The number of aliphatic hydroxyl groups is 1. The molecule has 3 rings (SSSR count). The number of benzene rings is 2. The van der Waals surface area contributed by atoms with Gasteiger partial charge in [-0.3, -0.25) is 9.36 Å². The lowest BCUT2D eigenvalue weighted by molar-refractivity contribution is 0.0276. The maximum atomic E-state index is 13.0. The highest BCUT2D eigenvalue weighted by atomic mass is 32.2. The summed E-state index contributed by atoms with van der Waals surface area (Å²) >= 11 is 1.46. The molecule has 1 aromatic heterocycles. The molecule has 0 aliphatic rings. The van der Waals surface area contributed by atoms with Gasteiger partial charge in [0.15, 0.2) is 16.5 Å². The summed E-state index contributed by atoms with van der Waals surface area (Å²) in [5.74, 6) is 1.76. The van der Waals surface area contributed by atoms with Gasteiger partial charge in [0.1, 0.15) is 6.61 Å². The summed E-state index contributed by atoms with van der Waals surface area (Å²) in [6.07, 6.45) is 4.14. The van der Waals surface area contributed by atoms with Crippen LogP contribution in [0.15, 0.2) is 64.7 Å². The number of aryl methyl sites for hydroxylation is 2. The second-order valence-electron chi connectivity index (χ2n) is 7.87. The van der Waals surface area contributed by atoms with E-state index in [0.29, 0.717) is 22.2 Å². The molecule has 0 spiro atoms. The highest BCUT2D eigenvalue weighted by molar-refractivity contribution is 7.99. The highest BCUT2D eigenvalue weighted by Gasteiger charge is 2.16. The van der Waals surface area contributed by atoms with E-state index in [1.54, 1.807) is 49.0 Å². The van der Waals surface area contributed by atoms with Crippen molar-refractivity contribution < 1.29 is 14.6 Å². The van der Waals surface area contributed by atoms with Crippen molar-refractivity contribution in [2.45, 2.75) is 37.8 Å². The number of hydrogen-bond acceptors (Lipinski definition) is 6. The molecule has 1 N–H and O–H groups in total. The summed E-state index contributed by atoms with van der Waals surface area (Å²) in [4.78, 5) is 17.3. The average molecular weight is 441 g/mol. The number of aromatic nitrogens is 2. The number of hydrogen-bond donors (Lipinski definition) is 1. The van der Waals surface area contributed by atoms with Crippen LogP contribution in [0.5, 0.6) is 11.5 Å². The first-order valence-electron chi connectivity index (χ1n) is 10.1. The lowest BCUT2D eigenvalue weighted by Crippen LogP contribution is -2.28. The predicted octanol–water partition coefficient (Wildman–Crippen LogP) is 4.03. The molecule has 0 bridgehead atoms. The maximum Gasteiger partial charge on any atom is 0.287 e. The first-order valence-corrected chi connectivity index (χ1v) is 11.1. The summed E-state index contributed by atoms with van der Waals surface area (Å²) in [5.41, 5.74) is 2.04. The van der Waals surface area contributed by atoms with Crippen molar-refractivity contribution in [2.24, 2.45) is 0 Å². The zero-order chi connectivity index (χ0) is 22.4. The molecule has 3 aromatic rings. The number of nitrogens with zero attached hydrogens (tertiary/aromatic N) is 2. The van der Waals surface area contributed by atoms with Gasteiger partial charge in [0.25, 0.3) is 5.56 Å². The zero-order valence-electron chi connectivity index (χ0n) is 18.3. The van der Waals surface area contributed by atoms with E-state index in [1.165, 1.54) is 30.0 Å². The molecule has 0 atom stereocenters. The second-order valence-corrected chi connectivity index (χ2v) is 8.95. The van der Waals surface area contributed by atoms with Crippen molar-refractivity contribution in [1.29, 1.82) is 0 Å². The van der Waals surface area contributed by atoms with Crippen molar-refractivity contribution in [1.82, 2.24) is 9.55 Å². The lowest BCUT2D eigenvalue weighted by Gasteiger charge is -2.19. The van der Waals surface area contributed by atoms with Crippen LogP contribution in [-0.4, -0.2) is 39.7 Å². The minimum absolute atomic E-state index is 0.125. The van der Waals surface area contributed by atoms with Gasteiger partial charge in [0.2, 0.25) is 0 Å². The minimum atomic E-state index is -0.962. The zero-order valence-corrected chi connectivity index (χ0v) is 19.1. The smallest absolute Gasteiger partial charge is 0.287 e. The van der Waals surface area contributed by atoms with Gasteiger partial charge in [-0.2, -0.15) is 0 Å². The van der Waals surface area contributed by atoms with E-state index in [-0.39, 0.29) is 12.2 Å². The van der Waals surface area contributed by atoms with Crippen LogP contribution < -0.4 is 15.0 Å². The van der Waals surface area contributed by atoms with Gasteiger partial charge in [-0.05, 0) is 50.5 Å². The third-order valence-corrected chi connectivity index (χ3v) is 5.65. The summed E-state index contributed by atoms with van der Waals surface area (Å²) in [6, 6.07) is 13.5. The van der Waals surface area contributed by atoms with Crippen molar-refractivity contribution >= 4 is 11.8 Å². The first-order chi connectivity index (χ1) is 14.8. The molecule has 0 unspecified atom stereocenters. The lowest BCUT2D eigenvalue weighted by atomic mass is 10.1. The average Bonchev–Trinajstić information content (AvgIpc) is 2.74. The van der Waals surface area contributed by atoms with Gasteiger partial charge in [-0.1, -0.05) is 24.3 Å². The van der Waals surface area contributed by atoms with E-state index >= 15 is 0 Å². The van der Waals surface area contributed by atoms with Gasteiger partial charge in [-0.25, -0.2) is 4.98 Å². The SMILES string of the molecule is COc1cc(-n2ccnc(SCCc3ccccc3C)c2=O)ccc1OCC(C)(C)O. The molecule has 31 heavy (non-hydrogen) atoms. The minimum Gasteiger partial charge on any atom is -0.493 e. The Labute approximate surface area is 186 Å². The van der Waals surface area contributed by atoms with E-state index in [4.69, 9.17) is 9.47 Å². The Hall–Kier alpha value is -2.77. The van der Waals surface area contributed by atoms with Crippen LogP contribution in [0.3, 0.4) is 0 Å². The molecular weight excluding hydrogens is 412 g/mol. The summed E-state index contributed by atoms with van der Waals surface area (Å²) in [5, 5.41) is 10.3. The Morgan fingerprint density at radius 2 is 1.94 bits per heavy atom. The molecule has 0 fully saturated rings. The quantitative estimate of drug-likeness (QED) is 0.507. The molecule has 0 radical (unpaired) electrons. The molecule has 2 aromatic carbocycles. The van der Waals surface area contributed by atoms with Crippen LogP contribution in [0.4, 0.5) is 0 Å². The summed E-state index contributed by atoms with van der Waals surface area (Å²) in [7, 11) is 1.54. The van der Waals surface area contributed by atoms with E-state index < -0.39 is 5.60 Å². The molecule has 164 valence electrons. The molecule has 6 nitrogen and oxygen atoms in total. The van der Waals surface area contributed by atoms with Crippen LogP contribution in [0.1, 0.15) is 25.0 Å². The fraction of sp³-hybridized carbons (Fsp3) is 0.333. The topological polar surface area (TPSA) is 73.6 Å².